The zero-order chi connectivity index (χ0) is 11.4. The van der Waals surface area contributed by atoms with Crippen molar-refractivity contribution in [3.63, 3.8) is 0 Å². The highest BCUT2D eigenvalue weighted by atomic mass is 79.9. The first-order valence-electron chi connectivity index (χ1n) is 4.82. The van der Waals surface area contributed by atoms with E-state index in [1.807, 2.05) is 18.2 Å². The summed E-state index contributed by atoms with van der Waals surface area (Å²) in [7, 11) is 0. The second kappa shape index (κ2) is 5.52. The third kappa shape index (κ3) is 2.66. The molecule has 1 atom stereocenters. The lowest BCUT2D eigenvalue weighted by Crippen LogP contribution is -2.09. The number of hydrogen-bond acceptors (Lipinski definition) is 4. The minimum Gasteiger partial charge on any atom is -0.440 e. The third-order valence-corrected chi connectivity index (χ3v) is 3.98. The van der Waals surface area contributed by atoms with Crippen LogP contribution in [0.3, 0.4) is 0 Å². The Labute approximate surface area is 107 Å². The zero-order valence-corrected chi connectivity index (χ0v) is 10.9. The van der Waals surface area contributed by atoms with E-state index in [4.69, 9.17) is 10.2 Å². The third-order valence-electron chi connectivity index (χ3n) is 2.12. The topological polar surface area (TPSA) is 52.0 Å². The fourth-order valence-corrected chi connectivity index (χ4v) is 2.98. The summed E-state index contributed by atoms with van der Waals surface area (Å²) in [6.07, 6.45) is 3.20. The van der Waals surface area contributed by atoms with Crippen molar-refractivity contribution in [1.82, 2.24) is 4.98 Å². The van der Waals surface area contributed by atoms with E-state index in [0.29, 0.717) is 11.8 Å². The van der Waals surface area contributed by atoms with Gasteiger partial charge in [-0.05, 0) is 11.6 Å². The van der Waals surface area contributed by atoms with E-state index in [0.717, 1.165) is 10.0 Å². The van der Waals surface area contributed by atoms with Crippen LogP contribution in [0.5, 0.6) is 0 Å². The molecule has 84 valence electrons. The molecule has 0 aliphatic carbocycles. The van der Waals surface area contributed by atoms with Crippen molar-refractivity contribution < 1.29 is 4.42 Å². The molecule has 0 fully saturated rings. The molecule has 2 N–H and O–H groups in total. The second-order valence-electron chi connectivity index (χ2n) is 3.16. The van der Waals surface area contributed by atoms with E-state index in [1.54, 1.807) is 12.5 Å². The van der Waals surface area contributed by atoms with Crippen LogP contribution in [0.4, 0.5) is 0 Å². The fraction of sp³-hybridized carbons (Fsp3) is 0.182. The highest BCUT2D eigenvalue weighted by Crippen LogP contribution is 2.36. The Hall–Kier alpha value is -0.780. The molecule has 16 heavy (non-hydrogen) atoms. The van der Waals surface area contributed by atoms with Gasteiger partial charge in [0.25, 0.3) is 5.22 Å². The number of rotatable bonds is 4. The zero-order valence-electron chi connectivity index (χ0n) is 8.47. The lowest BCUT2D eigenvalue weighted by Gasteiger charge is -2.14. The van der Waals surface area contributed by atoms with E-state index >= 15 is 0 Å². The number of nitrogens with zero attached hydrogens (tertiary/aromatic N) is 1. The van der Waals surface area contributed by atoms with Crippen LogP contribution >= 0.6 is 27.7 Å². The number of thioether (sulfide) groups is 1. The Kier molecular flexibility index (Phi) is 4.04. The number of nitrogens with two attached hydrogens (primary N) is 1. The van der Waals surface area contributed by atoms with Crippen molar-refractivity contribution in [2.75, 3.05) is 6.54 Å². The minimum atomic E-state index is 0.147. The average molecular weight is 299 g/mol. The highest BCUT2D eigenvalue weighted by molar-refractivity contribution is 9.10. The Morgan fingerprint density at radius 3 is 2.88 bits per heavy atom. The standard InChI is InChI=1S/C11H11BrN2OS/c12-9-4-2-1-3-8(9)10(7-13)16-11-14-5-6-15-11/h1-6,10H,7,13H2. The summed E-state index contributed by atoms with van der Waals surface area (Å²) in [5, 5.41) is 0.792. The molecule has 0 saturated heterocycles. The van der Waals surface area contributed by atoms with Crippen molar-refractivity contribution >= 4 is 27.7 Å². The first-order valence-corrected chi connectivity index (χ1v) is 6.49. The van der Waals surface area contributed by atoms with E-state index in [9.17, 15) is 0 Å². The van der Waals surface area contributed by atoms with Crippen LogP contribution in [0.25, 0.3) is 0 Å². The van der Waals surface area contributed by atoms with Crippen LogP contribution in [0, 0.1) is 0 Å². The van der Waals surface area contributed by atoms with Gasteiger partial charge in [0.1, 0.15) is 6.26 Å². The number of halogens is 1. The molecule has 0 radical (unpaired) electrons. The summed E-state index contributed by atoms with van der Waals surface area (Å²) in [6.45, 7) is 0.537. The Morgan fingerprint density at radius 2 is 2.25 bits per heavy atom. The lowest BCUT2D eigenvalue weighted by molar-refractivity contribution is 0.453. The maximum absolute atomic E-state index is 5.78. The van der Waals surface area contributed by atoms with Crippen LogP contribution in [0.2, 0.25) is 0 Å². The largest absolute Gasteiger partial charge is 0.440 e. The lowest BCUT2D eigenvalue weighted by atomic mass is 10.1. The van der Waals surface area contributed by atoms with Gasteiger partial charge in [0.15, 0.2) is 0 Å². The second-order valence-corrected chi connectivity index (χ2v) is 5.17. The molecule has 2 aromatic rings. The first kappa shape index (κ1) is 11.7. The Morgan fingerprint density at radius 1 is 1.44 bits per heavy atom. The maximum Gasteiger partial charge on any atom is 0.256 e. The molecule has 1 heterocycles. The number of benzene rings is 1. The Bertz CT molecular complexity index is 447. The van der Waals surface area contributed by atoms with Gasteiger partial charge in [-0.15, -0.1) is 0 Å². The monoisotopic (exact) mass is 298 g/mol. The molecule has 0 amide bonds. The predicted molar refractivity (Wildman–Crippen MR) is 68.3 cm³/mol. The van der Waals surface area contributed by atoms with Crippen molar-refractivity contribution in [1.29, 1.82) is 0 Å². The van der Waals surface area contributed by atoms with E-state index in [-0.39, 0.29) is 5.25 Å². The van der Waals surface area contributed by atoms with Gasteiger partial charge < -0.3 is 10.2 Å². The number of hydrogen-bond donors (Lipinski definition) is 1. The summed E-state index contributed by atoms with van der Waals surface area (Å²) in [6, 6.07) is 8.04. The van der Waals surface area contributed by atoms with E-state index < -0.39 is 0 Å². The van der Waals surface area contributed by atoms with Gasteiger partial charge in [0.2, 0.25) is 0 Å². The van der Waals surface area contributed by atoms with Gasteiger partial charge in [-0.3, -0.25) is 0 Å². The van der Waals surface area contributed by atoms with Crippen molar-refractivity contribution in [3.05, 3.63) is 46.8 Å². The highest BCUT2D eigenvalue weighted by Gasteiger charge is 2.16. The van der Waals surface area contributed by atoms with Gasteiger partial charge in [-0.1, -0.05) is 45.9 Å². The molecule has 1 aromatic carbocycles. The summed E-state index contributed by atoms with van der Waals surface area (Å²) >= 11 is 5.05. The van der Waals surface area contributed by atoms with Gasteiger partial charge in [0, 0.05) is 11.0 Å². The van der Waals surface area contributed by atoms with Gasteiger partial charge in [-0.25, -0.2) is 4.98 Å². The normalized spacial score (nSPS) is 12.6. The molecule has 0 bridgehead atoms. The smallest absolute Gasteiger partial charge is 0.256 e. The molecule has 0 saturated carbocycles. The first-order chi connectivity index (χ1) is 7.81. The maximum atomic E-state index is 5.78. The predicted octanol–water partition coefficient (Wildman–Crippen LogP) is 3.23. The minimum absolute atomic E-state index is 0.147. The SMILES string of the molecule is NCC(Sc1ncco1)c1ccccc1Br. The average Bonchev–Trinajstić information content (AvgIpc) is 2.80. The number of oxazole rings is 1. The summed E-state index contributed by atoms with van der Waals surface area (Å²) in [5.74, 6) is 0. The molecular formula is C11H11BrN2OS. The molecule has 3 nitrogen and oxygen atoms in total. The summed E-state index contributed by atoms with van der Waals surface area (Å²) in [4.78, 5) is 4.08. The van der Waals surface area contributed by atoms with Crippen LogP contribution < -0.4 is 5.73 Å². The molecule has 0 aliphatic rings. The fourth-order valence-electron chi connectivity index (χ4n) is 1.37. The molecule has 2 rings (SSSR count). The number of aromatic nitrogens is 1. The van der Waals surface area contributed by atoms with E-state index in [1.165, 1.54) is 11.8 Å². The van der Waals surface area contributed by atoms with Crippen LogP contribution in [-0.2, 0) is 0 Å². The van der Waals surface area contributed by atoms with Crippen molar-refractivity contribution in [2.45, 2.75) is 10.5 Å². The van der Waals surface area contributed by atoms with Gasteiger partial charge in [0.05, 0.1) is 11.4 Å². The molecular weight excluding hydrogens is 288 g/mol. The van der Waals surface area contributed by atoms with Crippen molar-refractivity contribution in [3.8, 4) is 0 Å². The quantitative estimate of drug-likeness (QED) is 0.881. The van der Waals surface area contributed by atoms with Gasteiger partial charge >= 0.3 is 0 Å². The molecule has 0 spiro atoms. The van der Waals surface area contributed by atoms with Crippen LogP contribution in [0.1, 0.15) is 10.8 Å². The van der Waals surface area contributed by atoms with Crippen LogP contribution in [0.15, 0.2) is 50.8 Å². The molecule has 1 unspecified atom stereocenters. The molecule has 0 aliphatic heterocycles. The summed E-state index contributed by atoms with van der Waals surface area (Å²) in [5.41, 5.74) is 6.94. The molecule has 1 aromatic heterocycles. The van der Waals surface area contributed by atoms with Crippen LogP contribution in [-0.4, -0.2) is 11.5 Å². The van der Waals surface area contributed by atoms with Crippen molar-refractivity contribution in [2.24, 2.45) is 5.73 Å². The van der Waals surface area contributed by atoms with E-state index in [2.05, 4.69) is 27.0 Å². The Balaban J connectivity index is 2.20. The van der Waals surface area contributed by atoms with Gasteiger partial charge in [-0.2, -0.15) is 0 Å². The molecule has 5 heteroatoms. The summed E-state index contributed by atoms with van der Waals surface area (Å²) < 4.78 is 6.27.